The number of ether oxygens (including phenoxy) is 1. The van der Waals surface area contributed by atoms with E-state index in [2.05, 4.69) is 24.0 Å². The lowest BCUT2D eigenvalue weighted by Gasteiger charge is -2.25. The maximum absolute atomic E-state index is 12.7. The second-order valence-corrected chi connectivity index (χ2v) is 6.15. The Labute approximate surface area is 137 Å². The van der Waals surface area contributed by atoms with E-state index in [0.29, 0.717) is 13.2 Å². The predicted molar refractivity (Wildman–Crippen MR) is 91.0 cm³/mol. The number of carbonyl (C=O) groups is 1. The number of aromatic nitrogens is 1. The van der Waals surface area contributed by atoms with Crippen LogP contribution in [0.15, 0.2) is 36.5 Å². The number of nitrogens with zero attached hydrogens (tertiary/aromatic N) is 2. The van der Waals surface area contributed by atoms with Gasteiger partial charge in [-0.15, -0.1) is 0 Å². The van der Waals surface area contributed by atoms with Crippen LogP contribution in [0.2, 0.25) is 0 Å². The number of rotatable bonds is 6. The average Bonchev–Trinajstić information content (AvgIpc) is 3.12. The fraction of sp³-hybridized carbons (Fsp3) is 0.474. The lowest BCUT2D eigenvalue weighted by molar-refractivity contribution is -0.141. The third kappa shape index (κ3) is 3.88. The van der Waals surface area contributed by atoms with Crippen molar-refractivity contribution in [2.24, 2.45) is 0 Å². The topological polar surface area (TPSA) is 42.4 Å². The fourth-order valence-electron chi connectivity index (χ4n) is 3.02. The zero-order valence-corrected chi connectivity index (χ0v) is 13.7. The lowest BCUT2D eigenvalue weighted by atomic mass is 10.1. The van der Waals surface area contributed by atoms with Crippen LogP contribution in [0.4, 0.5) is 0 Å². The van der Waals surface area contributed by atoms with Gasteiger partial charge >= 0.3 is 0 Å². The summed E-state index contributed by atoms with van der Waals surface area (Å²) in [5, 5.41) is 1.12. The van der Waals surface area contributed by atoms with Gasteiger partial charge in [-0.25, -0.2) is 0 Å². The Morgan fingerprint density at radius 2 is 2.26 bits per heavy atom. The monoisotopic (exact) mass is 312 g/mol. The van der Waals surface area contributed by atoms with Crippen LogP contribution in [0, 0.1) is 0 Å². The normalized spacial score (nSPS) is 17.5. The molecule has 2 aromatic rings. The van der Waals surface area contributed by atoms with Gasteiger partial charge < -0.3 is 9.64 Å². The van der Waals surface area contributed by atoms with Gasteiger partial charge in [0.1, 0.15) is 6.10 Å². The molecule has 1 aliphatic heterocycles. The number of para-hydroxylation sites is 1. The Balaban J connectivity index is 1.76. The Morgan fingerprint density at radius 1 is 1.39 bits per heavy atom. The predicted octanol–water partition coefficient (Wildman–Crippen LogP) is 3.54. The van der Waals surface area contributed by atoms with Crippen molar-refractivity contribution in [1.29, 1.82) is 0 Å². The third-order valence-corrected chi connectivity index (χ3v) is 4.32. The van der Waals surface area contributed by atoms with Gasteiger partial charge in [0.25, 0.3) is 5.91 Å². The van der Waals surface area contributed by atoms with Gasteiger partial charge in [0.2, 0.25) is 0 Å². The summed E-state index contributed by atoms with van der Waals surface area (Å²) in [6.45, 7) is 4.24. The largest absolute Gasteiger partial charge is 0.368 e. The van der Waals surface area contributed by atoms with Crippen molar-refractivity contribution in [3.05, 3.63) is 42.1 Å². The molecule has 0 radical (unpaired) electrons. The molecule has 0 unspecified atom stereocenters. The summed E-state index contributed by atoms with van der Waals surface area (Å²) in [6, 6.07) is 10.2. The SMILES string of the molecule is CCCCN(Cc1cnc2ccccc2c1)C(=O)[C@@H]1CCCO1. The molecule has 1 saturated heterocycles. The lowest BCUT2D eigenvalue weighted by Crippen LogP contribution is -2.39. The summed E-state index contributed by atoms with van der Waals surface area (Å²) in [6.07, 6.45) is 5.54. The van der Waals surface area contributed by atoms with Crippen LogP contribution in [-0.4, -0.2) is 35.0 Å². The number of hydrogen-bond donors (Lipinski definition) is 0. The quantitative estimate of drug-likeness (QED) is 0.819. The molecular weight excluding hydrogens is 288 g/mol. The highest BCUT2D eigenvalue weighted by atomic mass is 16.5. The van der Waals surface area contributed by atoms with E-state index in [1.807, 2.05) is 29.3 Å². The molecule has 1 aromatic carbocycles. The van der Waals surface area contributed by atoms with E-state index in [1.54, 1.807) is 0 Å². The second-order valence-electron chi connectivity index (χ2n) is 6.15. The molecule has 1 aromatic heterocycles. The third-order valence-electron chi connectivity index (χ3n) is 4.32. The molecule has 23 heavy (non-hydrogen) atoms. The number of unbranched alkanes of at least 4 members (excludes halogenated alkanes) is 1. The highest BCUT2D eigenvalue weighted by molar-refractivity contribution is 5.82. The molecule has 1 amide bonds. The standard InChI is InChI=1S/C19H24N2O2/c1-2-3-10-21(19(22)18-9-6-11-23-18)14-15-12-16-7-4-5-8-17(16)20-13-15/h4-5,7-8,12-13,18H,2-3,6,9-11,14H2,1H3/t18-/m0/s1. The highest BCUT2D eigenvalue weighted by Gasteiger charge is 2.28. The molecule has 2 heterocycles. The van der Waals surface area contributed by atoms with E-state index >= 15 is 0 Å². The van der Waals surface area contributed by atoms with Gasteiger partial charge in [0.15, 0.2) is 0 Å². The number of benzene rings is 1. The van der Waals surface area contributed by atoms with Crippen molar-refractivity contribution in [2.75, 3.05) is 13.2 Å². The number of fused-ring (bicyclic) bond motifs is 1. The molecule has 0 saturated carbocycles. The van der Waals surface area contributed by atoms with E-state index in [4.69, 9.17) is 4.74 Å². The molecule has 1 aliphatic rings. The molecule has 0 bridgehead atoms. The van der Waals surface area contributed by atoms with Gasteiger partial charge in [-0.05, 0) is 37.0 Å². The molecule has 3 rings (SSSR count). The first-order chi connectivity index (χ1) is 11.3. The van der Waals surface area contributed by atoms with E-state index < -0.39 is 0 Å². The van der Waals surface area contributed by atoms with Crippen LogP contribution in [0.3, 0.4) is 0 Å². The van der Waals surface area contributed by atoms with E-state index in [9.17, 15) is 4.79 Å². The summed E-state index contributed by atoms with van der Waals surface area (Å²) in [5.74, 6) is 0.129. The zero-order chi connectivity index (χ0) is 16.1. The van der Waals surface area contributed by atoms with Gasteiger partial charge in [-0.2, -0.15) is 0 Å². The van der Waals surface area contributed by atoms with Crippen LogP contribution >= 0.6 is 0 Å². The maximum atomic E-state index is 12.7. The Morgan fingerprint density at radius 3 is 3.04 bits per heavy atom. The summed E-state index contributed by atoms with van der Waals surface area (Å²) in [7, 11) is 0. The van der Waals surface area contributed by atoms with E-state index in [1.165, 1.54) is 0 Å². The summed E-state index contributed by atoms with van der Waals surface area (Å²) in [4.78, 5) is 19.1. The first kappa shape index (κ1) is 15.9. The van der Waals surface area contributed by atoms with Gasteiger partial charge in [-0.3, -0.25) is 9.78 Å². The van der Waals surface area contributed by atoms with Crippen LogP contribution in [0.1, 0.15) is 38.2 Å². The van der Waals surface area contributed by atoms with Crippen LogP contribution < -0.4 is 0 Å². The summed E-state index contributed by atoms with van der Waals surface area (Å²) < 4.78 is 5.58. The first-order valence-electron chi connectivity index (χ1n) is 8.52. The minimum atomic E-state index is -0.250. The van der Waals surface area contributed by atoms with Crippen LogP contribution in [0.25, 0.3) is 10.9 Å². The highest BCUT2D eigenvalue weighted by Crippen LogP contribution is 2.18. The minimum absolute atomic E-state index is 0.129. The van der Waals surface area contributed by atoms with Gasteiger partial charge in [0, 0.05) is 31.3 Å². The number of hydrogen-bond acceptors (Lipinski definition) is 3. The number of amides is 1. The first-order valence-corrected chi connectivity index (χ1v) is 8.52. The van der Waals surface area contributed by atoms with Crippen molar-refractivity contribution in [3.8, 4) is 0 Å². The Hall–Kier alpha value is -1.94. The zero-order valence-electron chi connectivity index (χ0n) is 13.7. The average molecular weight is 312 g/mol. The number of pyridine rings is 1. The van der Waals surface area contributed by atoms with Gasteiger partial charge in [-0.1, -0.05) is 31.5 Å². The maximum Gasteiger partial charge on any atom is 0.251 e. The molecule has 1 atom stereocenters. The molecule has 0 spiro atoms. The molecule has 0 N–H and O–H groups in total. The molecule has 4 heteroatoms. The summed E-state index contributed by atoms with van der Waals surface area (Å²) in [5.41, 5.74) is 2.06. The minimum Gasteiger partial charge on any atom is -0.368 e. The smallest absolute Gasteiger partial charge is 0.251 e. The molecule has 122 valence electrons. The van der Waals surface area contributed by atoms with Crippen LogP contribution in [0.5, 0.6) is 0 Å². The molecule has 4 nitrogen and oxygen atoms in total. The number of carbonyl (C=O) groups excluding carboxylic acids is 1. The van der Waals surface area contributed by atoms with Crippen molar-refractivity contribution < 1.29 is 9.53 Å². The van der Waals surface area contributed by atoms with Gasteiger partial charge in [0.05, 0.1) is 5.52 Å². The summed E-state index contributed by atoms with van der Waals surface area (Å²) >= 11 is 0. The van der Waals surface area contributed by atoms with Crippen LogP contribution in [-0.2, 0) is 16.1 Å². The van der Waals surface area contributed by atoms with E-state index in [-0.39, 0.29) is 12.0 Å². The Bertz CT molecular complexity index is 665. The second kappa shape index (κ2) is 7.55. The van der Waals surface area contributed by atoms with Crippen molar-refractivity contribution in [1.82, 2.24) is 9.88 Å². The molecule has 0 aliphatic carbocycles. The Kier molecular flexibility index (Phi) is 5.23. The molecular formula is C19H24N2O2. The van der Waals surface area contributed by atoms with Crippen molar-refractivity contribution in [2.45, 2.75) is 45.3 Å². The molecule has 1 fully saturated rings. The fourth-order valence-corrected chi connectivity index (χ4v) is 3.02. The van der Waals surface area contributed by atoms with E-state index in [0.717, 1.165) is 48.7 Å². The van der Waals surface area contributed by atoms with Crippen molar-refractivity contribution >= 4 is 16.8 Å². The van der Waals surface area contributed by atoms with Crippen molar-refractivity contribution in [3.63, 3.8) is 0 Å².